The number of hydrogen-bond acceptors (Lipinski definition) is 4. The molecule has 2 N–H and O–H groups in total. The van der Waals surface area contributed by atoms with Gasteiger partial charge in [0.1, 0.15) is 11.8 Å². The molecule has 3 rings (SSSR count). The molecule has 2 aromatic heterocycles. The van der Waals surface area contributed by atoms with Crippen molar-refractivity contribution in [2.75, 3.05) is 5.32 Å². The van der Waals surface area contributed by atoms with Gasteiger partial charge in [-0.2, -0.15) is 5.10 Å². The number of aryl methyl sites for hydroxylation is 2. The highest BCUT2D eigenvalue weighted by molar-refractivity contribution is 5.86. The summed E-state index contributed by atoms with van der Waals surface area (Å²) in [6.45, 7) is 4.75. The van der Waals surface area contributed by atoms with E-state index in [1.807, 2.05) is 6.92 Å². The van der Waals surface area contributed by atoms with Gasteiger partial charge in [0.25, 0.3) is 0 Å². The molecule has 96 valence electrons. The first-order valence-corrected chi connectivity index (χ1v) is 6.19. The summed E-state index contributed by atoms with van der Waals surface area (Å²) < 4.78 is 0. The van der Waals surface area contributed by atoms with E-state index in [-0.39, 0.29) is 0 Å². The third-order valence-corrected chi connectivity index (χ3v) is 3.09. The van der Waals surface area contributed by atoms with E-state index in [9.17, 15) is 0 Å². The van der Waals surface area contributed by atoms with Crippen molar-refractivity contribution in [2.24, 2.45) is 0 Å². The van der Waals surface area contributed by atoms with Crippen LogP contribution in [0.3, 0.4) is 0 Å². The van der Waals surface area contributed by atoms with Gasteiger partial charge in [-0.3, -0.25) is 5.10 Å². The number of benzene rings is 1. The molecule has 0 atom stereocenters. The van der Waals surface area contributed by atoms with Crippen LogP contribution in [0.1, 0.15) is 16.8 Å². The maximum atomic E-state index is 4.25. The van der Waals surface area contributed by atoms with Gasteiger partial charge in [-0.05, 0) is 19.4 Å². The van der Waals surface area contributed by atoms with E-state index in [1.165, 1.54) is 11.1 Å². The van der Waals surface area contributed by atoms with Gasteiger partial charge in [-0.15, -0.1) is 0 Å². The molecule has 1 aromatic carbocycles. The van der Waals surface area contributed by atoms with E-state index in [4.69, 9.17) is 0 Å². The molecule has 0 fully saturated rings. The zero-order valence-corrected chi connectivity index (χ0v) is 10.9. The number of H-pyrrole nitrogens is 1. The lowest BCUT2D eigenvalue weighted by Gasteiger charge is -2.06. The fourth-order valence-corrected chi connectivity index (χ4v) is 1.97. The van der Waals surface area contributed by atoms with Crippen LogP contribution in [-0.4, -0.2) is 20.2 Å². The number of aromatic nitrogens is 4. The number of nitrogens with zero attached hydrogens (tertiary/aromatic N) is 3. The Morgan fingerprint density at radius 1 is 1.05 bits per heavy atom. The molecule has 0 aliphatic heterocycles. The van der Waals surface area contributed by atoms with Gasteiger partial charge in [0.2, 0.25) is 0 Å². The highest BCUT2D eigenvalue weighted by Gasteiger charge is 2.08. The minimum atomic E-state index is 0.721. The number of hydrogen-bond donors (Lipinski definition) is 2. The summed E-state index contributed by atoms with van der Waals surface area (Å²) >= 11 is 0. The summed E-state index contributed by atoms with van der Waals surface area (Å²) in [4.78, 5) is 8.47. The summed E-state index contributed by atoms with van der Waals surface area (Å²) in [5, 5.41) is 10.5. The second-order valence-electron chi connectivity index (χ2n) is 4.61. The predicted octanol–water partition coefficient (Wildman–Crippen LogP) is 2.58. The van der Waals surface area contributed by atoms with E-state index >= 15 is 0 Å². The molecule has 19 heavy (non-hydrogen) atoms. The minimum absolute atomic E-state index is 0.721. The number of fused-ring (bicyclic) bond motifs is 1. The van der Waals surface area contributed by atoms with Crippen LogP contribution in [0, 0.1) is 13.8 Å². The van der Waals surface area contributed by atoms with Crippen molar-refractivity contribution < 1.29 is 0 Å². The maximum Gasteiger partial charge on any atom is 0.158 e. The smallest absolute Gasteiger partial charge is 0.158 e. The predicted molar refractivity (Wildman–Crippen MR) is 74.9 cm³/mol. The number of aromatic amines is 1. The Morgan fingerprint density at radius 3 is 2.63 bits per heavy atom. The summed E-state index contributed by atoms with van der Waals surface area (Å²) in [7, 11) is 0. The lowest BCUT2D eigenvalue weighted by atomic mass is 10.1. The van der Waals surface area contributed by atoms with Gasteiger partial charge in [0.05, 0.1) is 5.69 Å². The third-order valence-electron chi connectivity index (χ3n) is 3.09. The molecule has 0 unspecified atom stereocenters. The largest absolute Gasteiger partial charge is 0.364 e. The molecule has 0 radical (unpaired) electrons. The molecule has 5 heteroatoms. The van der Waals surface area contributed by atoms with Gasteiger partial charge in [0, 0.05) is 6.54 Å². The van der Waals surface area contributed by atoms with Crippen molar-refractivity contribution in [1.82, 2.24) is 20.2 Å². The quantitative estimate of drug-likeness (QED) is 0.753. The molecule has 0 spiro atoms. The molecule has 0 saturated carbocycles. The van der Waals surface area contributed by atoms with Crippen molar-refractivity contribution >= 4 is 16.9 Å². The summed E-state index contributed by atoms with van der Waals surface area (Å²) in [5.74, 6) is 0.759. The van der Waals surface area contributed by atoms with Crippen molar-refractivity contribution in [3.63, 3.8) is 0 Å². The molecule has 2 heterocycles. The van der Waals surface area contributed by atoms with Crippen LogP contribution >= 0.6 is 0 Å². The van der Waals surface area contributed by atoms with Crippen LogP contribution in [-0.2, 0) is 6.54 Å². The molecule has 0 saturated heterocycles. The highest BCUT2D eigenvalue weighted by Crippen LogP contribution is 2.19. The van der Waals surface area contributed by atoms with E-state index in [1.54, 1.807) is 6.33 Å². The second kappa shape index (κ2) is 4.68. The first kappa shape index (κ1) is 11.6. The van der Waals surface area contributed by atoms with E-state index < -0.39 is 0 Å². The Bertz CT molecular complexity index is 699. The Morgan fingerprint density at radius 2 is 1.84 bits per heavy atom. The zero-order valence-electron chi connectivity index (χ0n) is 10.9. The average Bonchev–Trinajstić information content (AvgIpc) is 2.81. The Kier molecular flexibility index (Phi) is 2.87. The Balaban J connectivity index is 1.83. The van der Waals surface area contributed by atoms with Gasteiger partial charge < -0.3 is 5.32 Å². The molecular weight excluding hydrogens is 238 g/mol. The maximum absolute atomic E-state index is 4.25. The molecule has 0 bridgehead atoms. The summed E-state index contributed by atoms with van der Waals surface area (Å²) in [6.07, 6.45) is 1.56. The van der Waals surface area contributed by atoms with E-state index in [0.717, 1.165) is 29.1 Å². The molecule has 5 nitrogen and oxygen atoms in total. The van der Waals surface area contributed by atoms with Crippen molar-refractivity contribution in [3.8, 4) is 0 Å². The summed E-state index contributed by atoms with van der Waals surface area (Å²) in [6, 6.07) is 8.42. The zero-order chi connectivity index (χ0) is 13.2. The Hall–Kier alpha value is -2.43. The van der Waals surface area contributed by atoms with Crippen LogP contribution in [0.4, 0.5) is 5.82 Å². The topological polar surface area (TPSA) is 66.5 Å². The SMILES string of the molecule is Cc1ccc(CNc2ncnc3c(C)[nH]nc23)cc1. The third kappa shape index (κ3) is 2.27. The van der Waals surface area contributed by atoms with Crippen LogP contribution < -0.4 is 5.32 Å². The number of rotatable bonds is 3. The fourth-order valence-electron chi connectivity index (χ4n) is 1.97. The van der Waals surface area contributed by atoms with Crippen molar-refractivity contribution in [3.05, 3.63) is 47.4 Å². The molecule has 0 aliphatic rings. The lowest BCUT2D eigenvalue weighted by Crippen LogP contribution is -2.02. The van der Waals surface area contributed by atoms with Gasteiger partial charge in [-0.1, -0.05) is 29.8 Å². The van der Waals surface area contributed by atoms with Crippen LogP contribution in [0.25, 0.3) is 11.0 Å². The van der Waals surface area contributed by atoms with Gasteiger partial charge in [0.15, 0.2) is 11.3 Å². The number of nitrogens with one attached hydrogen (secondary N) is 2. The molecule has 3 aromatic rings. The van der Waals surface area contributed by atoms with Crippen molar-refractivity contribution in [2.45, 2.75) is 20.4 Å². The van der Waals surface area contributed by atoms with E-state index in [2.05, 4.69) is 56.7 Å². The van der Waals surface area contributed by atoms with Gasteiger partial charge >= 0.3 is 0 Å². The second-order valence-corrected chi connectivity index (χ2v) is 4.61. The van der Waals surface area contributed by atoms with Crippen LogP contribution in [0.5, 0.6) is 0 Å². The van der Waals surface area contributed by atoms with E-state index in [0.29, 0.717) is 0 Å². The molecular formula is C14H15N5. The summed E-state index contributed by atoms with van der Waals surface area (Å²) in [5.41, 5.74) is 5.07. The molecule has 0 aliphatic carbocycles. The lowest BCUT2D eigenvalue weighted by molar-refractivity contribution is 1.06. The highest BCUT2D eigenvalue weighted by atomic mass is 15.2. The normalized spacial score (nSPS) is 10.8. The van der Waals surface area contributed by atoms with Crippen molar-refractivity contribution in [1.29, 1.82) is 0 Å². The first-order valence-electron chi connectivity index (χ1n) is 6.19. The molecule has 0 amide bonds. The minimum Gasteiger partial charge on any atom is -0.364 e. The number of anilines is 1. The Labute approximate surface area is 111 Å². The monoisotopic (exact) mass is 253 g/mol. The van der Waals surface area contributed by atoms with Gasteiger partial charge in [-0.25, -0.2) is 9.97 Å². The first-order chi connectivity index (χ1) is 9.24. The average molecular weight is 253 g/mol. The standard InChI is InChI=1S/C14H15N5/c1-9-3-5-11(6-4-9)7-15-14-13-12(16-8-17-14)10(2)18-19-13/h3-6,8H,7H2,1-2H3,(H,18,19)(H,15,16,17). The van der Waals surface area contributed by atoms with Crippen LogP contribution in [0.2, 0.25) is 0 Å². The van der Waals surface area contributed by atoms with Crippen LogP contribution in [0.15, 0.2) is 30.6 Å². The fraction of sp³-hybridized carbons (Fsp3) is 0.214.